The number of amides is 1. The first-order valence-electron chi connectivity index (χ1n) is 9.26. The van der Waals surface area contributed by atoms with Crippen molar-refractivity contribution >= 4 is 39.6 Å². The van der Waals surface area contributed by atoms with Crippen LogP contribution in [0.4, 0.5) is 5.69 Å². The Bertz CT molecular complexity index is 959. The third-order valence-electron chi connectivity index (χ3n) is 4.22. The number of carbonyl (C=O) groups excluding carboxylic acids is 1. The SMILES string of the molecule is C[C@@H](SNC(=O)/C=C/c1ccc(C(C)(C)C)cc1)c1ccc(NS(C)(=O)=O)cc1. The monoisotopic (exact) mass is 432 g/mol. The van der Waals surface area contributed by atoms with Crippen LogP contribution in [0.1, 0.15) is 49.6 Å². The molecule has 0 unspecified atom stereocenters. The Morgan fingerprint density at radius 2 is 1.62 bits per heavy atom. The molecule has 29 heavy (non-hydrogen) atoms. The van der Waals surface area contributed by atoms with Gasteiger partial charge in [-0.05, 0) is 59.2 Å². The van der Waals surface area contributed by atoms with Crippen LogP contribution in [0.25, 0.3) is 6.08 Å². The molecule has 0 spiro atoms. The Kier molecular flexibility index (Phi) is 7.54. The fraction of sp³-hybridized carbons (Fsp3) is 0.318. The average molecular weight is 433 g/mol. The molecule has 0 saturated heterocycles. The Morgan fingerprint density at radius 1 is 1.03 bits per heavy atom. The molecule has 1 atom stereocenters. The van der Waals surface area contributed by atoms with Crippen molar-refractivity contribution in [3.63, 3.8) is 0 Å². The van der Waals surface area contributed by atoms with Crippen molar-refractivity contribution in [2.45, 2.75) is 38.4 Å². The molecule has 5 nitrogen and oxygen atoms in total. The number of hydrogen-bond acceptors (Lipinski definition) is 4. The lowest BCUT2D eigenvalue weighted by Gasteiger charge is -2.18. The molecule has 0 saturated carbocycles. The van der Waals surface area contributed by atoms with Crippen molar-refractivity contribution in [2.24, 2.45) is 0 Å². The van der Waals surface area contributed by atoms with Gasteiger partial charge in [-0.25, -0.2) is 8.42 Å². The maximum atomic E-state index is 12.1. The number of rotatable bonds is 7. The van der Waals surface area contributed by atoms with Crippen LogP contribution >= 0.6 is 11.9 Å². The smallest absolute Gasteiger partial charge is 0.253 e. The highest BCUT2D eigenvalue weighted by Gasteiger charge is 2.12. The molecule has 0 bridgehead atoms. The first-order chi connectivity index (χ1) is 13.4. The summed E-state index contributed by atoms with van der Waals surface area (Å²) >= 11 is 1.31. The molecule has 7 heteroatoms. The van der Waals surface area contributed by atoms with E-state index in [4.69, 9.17) is 0 Å². The number of benzene rings is 2. The van der Waals surface area contributed by atoms with Gasteiger partial charge in [0.05, 0.1) is 6.26 Å². The largest absolute Gasteiger partial charge is 0.296 e. The first-order valence-corrected chi connectivity index (χ1v) is 12.0. The zero-order valence-electron chi connectivity index (χ0n) is 17.4. The summed E-state index contributed by atoms with van der Waals surface area (Å²) in [5.41, 5.74) is 3.82. The van der Waals surface area contributed by atoms with Gasteiger partial charge in [0.1, 0.15) is 0 Å². The fourth-order valence-electron chi connectivity index (χ4n) is 2.55. The van der Waals surface area contributed by atoms with Gasteiger partial charge in [0.25, 0.3) is 5.91 Å². The molecule has 0 aliphatic rings. The molecule has 1 amide bonds. The third kappa shape index (κ3) is 7.95. The molecule has 0 aliphatic carbocycles. The molecule has 0 fully saturated rings. The highest BCUT2D eigenvalue weighted by atomic mass is 32.2. The molecule has 2 aromatic carbocycles. The quantitative estimate of drug-likeness (QED) is 0.482. The van der Waals surface area contributed by atoms with Crippen LogP contribution < -0.4 is 9.44 Å². The zero-order valence-corrected chi connectivity index (χ0v) is 19.0. The zero-order chi connectivity index (χ0) is 21.7. The average Bonchev–Trinajstić information content (AvgIpc) is 2.63. The predicted octanol–water partition coefficient (Wildman–Crippen LogP) is 4.89. The van der Waals surface area contributed by atoms with Crippen molar-refractivity contribution in [2.75, 3.05) is 11.0 Å². The lowest BCUT2D eigenvalue weighted by atomic mass is 9.87. The van der Waals surface area contributed by atoms with Gasteiger partial charge in [0.2, 0.25) is 10.0 Å². The second kappa shape index (κ2) is 9.50. The van der Waals surface area contributed by atoms with Gasteiger partial charge in [-0.1, -0.05) is 57.2 Å². The van der Waals surface area contributed by atoms with Gasteiger partial charge >= 0.3 is 0 Å². The van der Waals surface area contributed by atoms with Crippen LogP contribution in [0.3, 0.4) is 0 Å². The van der Waals surface area contributed by atoms with E-state index in [9.17, 15) is 13.2 Å². The Hall–Kier alpha value is -2.25. The molecule has 0 aliphatic heterocycles. The van der Waals surface area contributed by atoms with Gasteiger partial charge in [-0.3, -0.25) is 14.2 Å². The minimum atomic E-state index is -3.29. The summed E-state index contributed by atoms with van der Waals surface area (Å²) in [6.45, 7) is 8.47. The normalized spacial score (nSPS) is 13.3. The fourth-order valence-corrected chi connectivity index (χ4v) is 3.77. The Labute approximate surface area is 178 Å². The van der Waals surface area contributed by atoms with Gasteiger partial charge in [-0.2, -0.15) is 0 Å². The second-order valence-electron chi connectivity index (χ2n) is 7.93. The molecular formula is C22H28N2O3S2. The van der Waals surface area contributed by atoms with Gasteiger partial charge in [0, 0.05) is 17.0 Å². The van der Waals surface area contributed by atoms with Crippen LogP contribution in [0.5, 0.6) is 0 Å². The summed E-state index contributed by atoms with van der Waals surface area (Å²) < 4.78 is 27.8. The standard InChI is InChI=1S/C22H28N2O3S2/c1-16(18-9-13-20(14-10-18)24-29(5,26)27)28-23-21(25)15-8-17-6-11-19(12-7-17)22(2,3)4/h6-16,24H,1-5H3,(H,23,25)/b15-8+/t16-/m1/s1. The minimum absolute atomic E-state index is 0.0192. The lowest BCUT2D eigenvalue weighted by molar-refractivity contribution is -0.114. The Morgan fingerprint density at radius 3 is 2.14 bits per heavy atom. The molecule has 2 rings (SSSR count). The van der Waals surface area contributed by atoms with Gasteiger partial charge in [-0.15, -0.1) is 0 Å². The van der Waals surface area contributed by atoms with E-state index in [2.05, 4.69) is 42.3 Å². The van der Waals surface area contributed by atoms with Crippen LogP contribution in [0.15, 0.2) is 54.6 Å². The number of anilines is 1. The van der Waals surface area contributed by atoms with E-state index in [1.54, 1.807) is 18.2 Å². The molecule has 0 heterocycles. The topological polar surface area (TPSA) is 75.3 Å². The van der Waals surface area contributed by atoms with E-state index in [-0.39, 0.29) is 16.6 Å². The van der Waals surface area contributed by atoms with E-state index < -0.39 is 10.0 Å². The van der Waals surface area contributed by atoms with Crippen molar-refractivity contribution < 1.29 is 13.2 Å². The van der Waals surface area contributed by atoms with E-state index in [1.165, 1.54) is 23.6 Å². The molecule has 0 radical (unpaired) electrons. The summed E-state index contributed by atoms with van der Waals surface area (Å²) in [6, 6.07) is 15.3. The first kappa shape index (κ1) is 23.0. The highest BCUT2D eigenvalue weighted by molar-refractivity contribution is 7.98. The van der Waals surface area contributed by atoms with E-state index >= 15 is 0 Å². The summed E-state index contributed by atoms with van der Waals surface area (Å²) in [4.78, 5) is 12.1. The Balaban J connectivity index is 1.87. The molecular weight excluding hydrogens is 404 g/mol. The second-order valence-corrected chi connectivity index (χ2v) is 10.8. The number of hydrogen-bond donors (Lipinski definition) is 2. The molecule has 2 N–H and O–H groups in total. The summed E-state index contributed by atoms with van der Waals surface area (Å²) in [7, 11) is -3.29. The maximum absolute atomic E-state index is 12.1. The van der Waals surface area contributed by atoms with Crippen LogP contribution in [0.2, 0.25) is 0 Å². The lowest BCUT2D eigenvalue weighted by Crippen LogP contribution is -2.14. The predicted molar refractivity (Wildman–Crippen MR) is 123 cm³/mol. The van der Waals surface area contributed by atoms with Gasteiger partial charge < -0.3 is 0 Å². The maximum Gasteiger partial charge on any atom is 0.253 e. The van der Waals surface area contributed by atoms with E-state index in [0.29, 0.717) is 5.69 Å². The van der Waals surface area contributed by atoms with Crippen molar-refractivity contribution in [3.05, 3.63) is 71.3 Å². The summed E-state index contributed by atoms with van der Waals surface area (Å²) in [6.07, 6.45) is 4.42. The summed E-state index contributed by atoms with van der Waals surface area (Å²) in [5.74, 6) is -0.183. The van der Waals surface area contributed by atoms with Crippen LogP contribution in [-0.4, -0.2) is 20.6 Å². The van der Waals surface area contributed by atoms with Crippen LogP contribution in [0, 0.1) is 0 Å². The van der Waals surface area contributed by atoms with Crippen molar-refractivity contribution in [1.29, 1.82) is 0 Å². The van der Waals surface area contributed by atoms with Gasteiger partial charge in [0.15, 0.2) is 0 Å². The summed E-state index contributed by atoms with van der Waals surface area (Å²) in [5, 5.41) is 0.0192. The number of carbonyl (C=O) groups is 1. The number of sulfonamides is 1. The molecule has 2 aromatic rings. The van der Waals surface area contributed by atoms with Crippen molar-refractivity contribution in [1.82, 2.24) is 4.72 Å². The number of nitrogens with one attached hydrogen (secondary N) is 2. The third-order valence-corrected chi connectivity index (χ3v) is 5.77. The van der Waals surface area contributed by atoms with E-state index in [1.807, 2.05) is 31.2 Å². The van der Waals surface area contributed by atoms with E-state index in [0.717, 1.165) is 17.4 Å². The molecule has 0 aromatic heterocycles. The molecule has 156 valence electrons. The highest BCUT2D eigenvalue weighted by Crippen LogP contribution is 2.27. The minimum Gasteiger partial charge on any atom is -0.296 e. The van der Waals surface area contributed by atoms with Crippen LogP contribution in [-0.2, 0) is 20.2 Å². The van der Waals surface area contributed by atoms with Crippen molar-refractivity contribution in [3.8, 4) is 0 Å².